The number of nitrogens with one attached hydrogen (secondary N) is 1. The van der Waals surface area contributed by atoms with Crippen molar-refractivity contribution in [2.24, 2.45) is 0 Å². The van der Waals surface area contributed by atoms with E-state index < -0.39 is 0 Å². The number of nitrogens with zero attached hydrogens (tertiary/aromatic N) is 4. The van der Waals surface area contributed by atoms with Crippen molar-refractivity contribution in [1.82, 2.24) is 24.5 Å². The van der Waals surface area contributed by atoms with Gasteiger partial charge in [-0.1, -0.05) is 13.3 Å². The van der Waals surface area contributed by atoms with Crippen LogP contribution in [-0.4, -0.2) is 24.5 Å². The number of hydrogen-bond donors (Lipinski definition) is 1. The van der Waals surface area contributed by atoms with Crippen LogP contribution in [0, 0.1) is 0 Å². The minimum Gasteiger partial charge on any atom is -0.339 e. The van der Waals surface area contributed by atoms with Crippen LogP contribution in [0.15, 0.2) is 30.2 Å². The van der Waals surface area contributed by atoms with E-state index in [0.29, 0.717) is 0 Å². The average molecular weight is 301 g/mol. The zero-order valence-electron chi connectivity index (χ0n) is 12.3. The van der Waals surface area contributed by atoms with E-state index in [0.717, 1.165) is 35.2 Å². The number of thiazole rings is 1. The molecule has 3 aromatic rings. The fourth-order valence-electron chi connectivity index (χ4n) is 2.34. The van der Waals surface area contributed by atoms with E-state index in [1.54, 1.807) is 11.3 Å². The number of rotatable bonds is 6. The summed E-state index contributed by atoms with van der Waals surface area (Å²) >= 11 is 1.66. The van der Waals surface area contributed by atoms with E-state index in [9.17, 15) is 0 Å². The highest BCUT2D eigenvalue weighted by Gasteiger charge is 2.16. The first-order valence-electron chi connectivity index (χ1n) is 7.26. The molecule has 1 atom stereocenters. The summed E-state index contributed by atoms with van der Waals surface area (Å²) in [6.07, 6.45) is 10.8. The number of aromatic nitrogens is 5. The molecule has 5 nitrogen and oxygen atoms in total. The van der Waals surface area contributed by atoms with Gasteiger partial charge in [0.05, 0.1) is 12.2 Å². The monoisotopic (exact) mass is 301 g/mol. The third-order valence-electron chi connectivity index (χ3n) is 3.53. The molecule has 3 aromatic heterocycles. The first-order chi connectivity index (χ1) is 10.3. The molecule has 0 amide bonds. The summed E-state index contributed by atoms with van der Waals surface area (Å²) in [5, 5.41) is 3.08. The quantitative estimate of drug-likeness (QED) is 0.755. The Kier molecular flexibility index (Phi) is 4.15. The van der Waals surface area contributed by atoms with Crippen LogP contribution in [0.2, 0.25) is 0 Å². The molecule has 0 aromatic carbocycles. The Balaban J connectivity index is 1.86. The van der Waals surface area contributed by atoms with Crippen LogP contribution in [-0.2, 0) is 6.42 Å². The number of aryl methyl sites for hydroxylation is 1. The molecule has 0 aliphatic heterocycles. The van der Waals surface area contributed by atoms with Gasteiger partial charge in [0.15, 0.2) is 5.82 Å². The van der Waals surface area contributed by atoms with Crippen molar-refractivity contribution in [1.29, 1.82) is 0 Å². The second kappa shape index (κ2) is 6.22. The molecule has 0 aliphatic carbocycles. The predicted octanol–water partition coefficient (Wildman–Crippen LogP) is 3.68. The minimum absolute atomic E-state index is 0.171. The Morgan fingerprint density at radius 3 is 2.95 bits per heavy atom. The van der Waals surface area contributed by atoms with Crippen LogP contribution < -0.4 is 0 Å². The number of aromatic amines is 1. The summed E-state index contributed by atoms with van der Waals surface area (Å²) in [6.45, 7) is 4.32. The third kappa shape index (κ3) is 2.90. The maximum atomic E-state index is 4.48. The molecule has 21 heavy (non-hydrogen) atoms. The number of imidazole rings is 2. The van der Waals surface area contributed by atoms with Gasteiger partial charge in [-0.25, -0.2) is 15.0 Å². The van der Waals surface area contributed by atoms with Gasteiger partial charge >= 0.3 is 0 Å². The van der Waals surface area contributed by atoms with Gasteiger partial charge in [0, 0.05) is 30.4 Å². The van der Waals surface area contributed by atoms with E-state index in [-0.39, 0.29) is 6.04 Å². The van der Waals surface area contributed by atoms with Crippen molar-refractivity contribution in [2.75, 3.05) is 0 Å². The molecule has 0 aliphatic rings. The van der Waals surface area contributed by atoms with Crippen molar-refractivity contribution < 1.29 is 0 Å². The lowest BCUT2D eigenvalue weighted by molar-refractivity contribution is 0.640. The Morgan fingerprint density at radius 1 is 1.29 bits per heavy atom. The first-order valence-corrected chi connectivity index (χ1v) is 8.14. The topological polar surface area (TPSA) is 59.4 Å². The highest BCUT2D eigenvalue weighted by molar-refractivity contribution is 7.09. The van der Waals surface area contributed by atoms with E-state index in [1.807, 2.05) is 30.2 Å². The molecule has 0 unspecified atom stereocenters. The van der Waals surface area contributed by atoms with E-state index in [1.165, 1.54) is 6.42 Å². The van der Waals surface area contributed by atoms with Crippen LogP contribution in [0.5, 0.6) is 0 Å². The first kappa shape index (κ1) is 14.0. The molecule has 0 spiro atoms. The highest BCUT2D eigenvalue weighted by atomic mass is 32.1. The maximum absolute atomic E-state index is 4.48. The molecular weight excluding hydrogens is 282 g/mol. The van der Waals surface area contributed by atoms with Crippen LogP contribution in [0.25, 0.3) is 11.5 Å². The summed E-state index contributed by atoms with van der Waals surface area (Å²) in [5.74, 6) is 1.94. The number of unbranched alkanes of at least 4 members (excludes halogenated alkanes) is 1. The fraction of sp³-hybridized carbons (Fsp3) is 0.400. The van der Waals surface area contributed by atoms with Gasteiger partial charge in [-0.3, -0.25) is 0 Å². The predicted molar refractivity (Wildman–Crippen MR) is 84.3 cm³/mol. The van der Waals surface area contributed by atoms with Gasteiger partial charge in [-0.05, 0) is 13.3 Å². The second-order valence-electron chi connectivity index (χ2n) is 5.05. The van der Waals surface area contributed by atoms with Gasteiger partial charge in [-0.15, -0.1) is 11.3 Å². The van der Waals surface area contributed by atoms with Crippen molar-refractivity contribution in [2.45, 2.75) is 39.2 Å². The molecule has 0 radical (unpaired) electrons. The Labute approximate surface area is 128 Å². The van der Waals surface area contributed by atoms with Gasteiger partial charge in [0.2, 0.25) is 0 Å². The second-order valence-corrected chi connectivity index (χ2v) is 5.98. The summed E-state index contributed by atoms with van der Waals surface area (Å²) in [4.78, 5) is 16.7. The lowest BCUT2D eigenvalue weighted by atomic mass is 10.2. The van der Waals surface area contributed by atoms with Gasteiger partial charge in [0.25, 0.3) is 0 Å². The van der Waals surface area contributed by atoms with Crippen LogP contribution in [0.3, 0.4) is 0 Å². The van der Waals surface area contributed by atoms with Gasteiger partial charge < -0.3 is 9.55 Å². The molecule has 0 fully saturated rings. The lowest BCUT2D eigenvalue weighted by Crippen LogP contribution is -2.07. The summed E-state index contributed by atoms with van der Waals surface area (Å²) < 4.78 is 2.13. The third-order valence-corrected chi connectivity index (χ3v) is 4.48. The van der Waals surface area contributed by atoms with Gasteiger partial charge in [-0.2, -0.15) is 0 Å². The molecule has 110 valence electrons. The molecule has 1 N–H and O–H groups in total. The van der Waals surface area contributed by atoms with Gasteiger partial charge in [0.1, 0.15) is 16.5 Å². The fourth-order valence-corrected chi connectivity index (χ4v) is 3.03. The van der Waals surface area contributed by atoms with Crippen molar-refractivity contribution in [3.63, 3.8) is 0 Å². The average Bonchev–Trinajstić information content (AvgIpc) is 3.24. The zero-order chi connectivity index (χ0) is 14.7. The van der Waals surface area contributed by atoms with E-state index in [2.05, 4.69) is 38.4 Å². The van der Waals surface area contributed by atoms with E-state index >= 15 is 0 Å². The SMILES string of the molecule is CCCCc1ncc(-c2nccn2[C@@H](C)c2nccs2)[nH]1. The molecule has 3 heterocycles. The summed E-state index contributed by atoms with van der Waals surface area (Å²) in [7, 11) is 0. The van der Waals surface area contributed by atoms with E-state index in [4.69, 9.17) is 0 Å². The van der Waals surface area contributed by atoms with Crippen molar-refractivity contribution in [3.05, 3.63) is 41.0 Å². The molecule has 6 heteroatoms. The largest absolute Gasteiger partial charge is 0.339 e. The molecule has 0 bridgehead atoms. The molecule has 0 saturated carbocycles. The normalized spacial score (nSPS) is 12.7. The van der Waals surface area contributed by atoms with Crippen molar-refractivity contribution >= 4 is 11.3 Å². The van der Waals surface area contributed by atoms with Crippen LogP contribution in [0.1, 0.15) is 43.6 Å². The number of H-pyrrole nitrogens is 1. The highest BCUT2D eigenvalue weighted by Crippen LogP contribution is 2.25. The Morgan fingerprint density at radius 2 is 2.19 bits per heavy atom. The molecule has 0 saturated heterocycles. The Bertz CT molecular complexity index is 683. The maximum Gasteiger partial charge on any atom is 0.158 e. The summed E-state index contributed by atoms with van der Waals surface area (Å²) in [5.41, 5.74) is 0.967. The van der Waals surface area contributed by atoms with Crippen LogP contribution in [0.4, 0.5) is 0 Å². The summed E-state index contributed by atoms with van der Waals surface area (Å²) in [6, 6.07) is 0.171. The standard InChI is InChI=1S/C15H19N5S/c1-3-4-5-13-18-10-12(19-13)14-16-6-8-20(14)11(2)15-17-7-9-21-15/h6-11H,3-5H2,1-2H3,(H,18,19)/t11-/m0/s1. The molecule has 3 rings (SSSR count). The smallest absolute Gasteiger partial charge is 0.158 e. The van der Waals surface area contributed by atoms with Crippen LogP contribution >= 0.6 is 11.3 Å². The zero-order valence-corrected chi connectivity index (χ0v) is 13.1. The number of hydrogen-bond acceptors (Lipinski definition) is 4. The minimum atomic E-state index is 0.171. The van der Waals surface area contributed by atoms with Crippen molar-refractivity contribution in [3.8, 4) is 11.5 Å². The molecular formula is C15H19N5S. The Hall–Kier alpha value is -1.95. The lowest BCUT2D eigenvalue weighted by Gasteiger charge is -2.13.